The number of rotatable bonds is 9. The van der Waals surface area contributed by atoms with Gasteiger partial charge in [0, 0.05) is 28.2 Å². The lowest BCUT2D eigenvalue weighted by Gasteiger charge is -2.19. The molecule has 0 saturated heterocycles. The van der Waals surface area contributed by atoms with E-state index in [9.17, 15) is 19.5 Å². The van der Waals surface area contributed by atoms with Crippen LogP contribution in [-0.4, -0.2) is 41.0 Å². The Kier molecular flexibility index (Phi) is 8.07. The predicted octanol–water partition coefficient (Wildman–Crippen LogP) is 2.69. The Morgan fingerprint density at radius 3 is 2.46 bits per heavy atom. The van der Waals surface area contributed by atoms with Crippen molar-refractivity contribution >= 4 is 29.4 Å². The molecule has 0 aromatic heterocycles. The molecular formula is C21H24N2O4S. The molecule has 0 bridgehead atoms. The number of carbonyl (C=O) groups excluding carboxylic acids is 3. The van der Waals surface area contributed by atoms with Crippen LogP contribution in [0.3, 0.4) is 0 Å². The SMILES string of the molecule is CCC(=O)CNC(=O)[C@H](CSc1ccccc1)NC(=O)c1cccc(O)c1C. The smallest absolute Gasteiger partial charge is 0.252 e. The second-order valence-corrected chi connectivity index (χ2v) is 7.30. The summed E-state index contributed by atoms with van der Waals surface area (Å²) >= 11 is 1.43. The summed E-state index contributed by atoms with van der Waals surface area (Å²) in [5.41, 5.74) is 0.739. The standard InChI is InChI=1S/C21H24N2O4S/c1-3-15(24)12-22-21(27)18(13-28-16-8-5-4-6-9-16)23-20(26)17-10-7-11-19(25)14(17)2/h4-11,18,25H,3,12-13H2,1-2H3,(H,22,27)(H,23,26)/t18-/m0/s1. The molecule has 0 heterocycles. The van der Waals surface area contributed by atoms with E-state index in [1.54, 1.807) is 26.0 Å². The molecule has 2 aromatic carbocycles. The molecule has 0 fully saturated rings. The average Bonchev–Trinajstić information content (AvgIpc) is 2.71. The van der Waals surface area contributed by atoms with E-state index >= 15 is 0 Å². The number of aromatic hydroxyl groups is 1. The molecule has 3 N–H and O–H groups in total. The monoisotopic (exact) mass is 400 g/mol. The third-order valence-corrected chi connectivity index (χ3v) is 5.29. The summed E-state index contributed by atoms with van der Waals surface area (Å²) in [6, 6.07) is 13.4. The molecule has 0 unspecified atom stereocenters. The summed E-state index contributed by atoms with van der Waals surface area (Å²) in [5, 5.41) is 15.1. The van der Waals surface area contributed by atoms with E-state index in [1.807, 2.05) is 30.3 Å². The molecule has 0 radical (unpaired) electrons. The fraction of sp³-hybridized carbons (Fsp3) is 0.286. The van der Waals surface area contributed by atoms with Crippen molar-refractivity contribution in [2.45, 2.75) is 31.2 Å². The van der Waals surface area contributed by atoms with Gasteiger partial charge < -0.3 is 15.7 Å². The summed E-state index contributed by atoms with van der Waals surface area (Å²) in [6.07, 6.45) is 0.332. The topological polar surface area (TPSA) is 95.5 Å². The van der Waals surface area contributed by atoms with E-state index in [4.69, 9.17) is 0 Å². The van der Waals surface area contributed by atoms with Crippen molar-refractivity contribution in [1.29, 1.82) is 0 Å². The van der Waals surface area contributed by atoms with Crippen LogP contribution in [0.15, 0.2) is 53.4 Å². The zero-order chi connectivity index (χ0) is 20.5. The minimum Gasteiger partial charge on any atom is -0.508 e. The number of Topliss-reactive ketones (excluding diaryl/α,β-unsaturated/α-hetero) is 1. The van der Waals surface area contributed by atoms with Crippen molar-refractivity contribution in [2.75, 3.05) is 12.3 Å². The lowest BCUT2D eigenvalue weighted by molar-refractivity contribution is -0.125. The van der Waals surface area contributed by atoms with Crippen molar-refractivity contribution in [3.63, 3.8) is 0 Å². The average molecular weight is 401 g/mol. The predicted molar refractivity (Wildman–Crippen MR) is 110 cm³/mol. The van der Waals surface area contributed by atoms with Crippen LogP contribution in [0.25, 0.3) is 0 Å². The van der Waals surface area contributed by atoms with E-state index in [2.05, 4.69) is 10.6 Å². The Bertz CT molecular complexity index is 840. The Morgan fingerprint density at radius 1 is 1.07 bits per heavy atom. The van der Waals surface area contributed by atoms with Crippen LogP contribution in [0.1, 0.15) is 29.3 Å². The number of hydrogen-bond donors (Lipinski definition) is 3. The number of phenolic OH excluding ortho intramolecular Hbond substituents is 1. The maximum atomic E-state index is 12.7. The van der Waals surface area contributed by atoms with Gasteiger partial charge >= 0.3 is 0 Å². The molecule has 0 aliphatic carbocycles. The first kappa shape index (κ1) is 21.5. The van der Waals surface area contributed by atoms with Crippen molar-refractivity contribution in [3.8, 4) is 5.75 Å². The zero-order valence-electron chi connectivity index (χ0n) is 15.9. The van der Waals surface area contributed by atoms with Crippen LogP contribution >= 0.6 is 11.8 Å². The fourth-order valence-corrected chi connectivity index (χ4v) is 3.36. The van der Waals surface area contributed by atoms with Crippen molar-refractivity contribution in [3.05, 3.63) is 59.7 Å². The number of ketones is 1. The first-order valence-electron chi connectivity index (χ1n) is 8.99. The number of amides is 2. The highest BCUT2D eigenvalue weighted by atomic mass is 32.2. The van der Waals surface area contributed by atoms with Gasteiger partial charge in [-0.15, -0.1) is 11.8 Å². The second-order valence-electron chi connectivity index (χ2n) is 6.21. The highest BCUT2D eigenvalue weighted by molar-refractivity contribution is 7.99. The summed E-state index contributed by atoms with van der Waals surface area (Å²) in [5.74, 6) is -0.640. The molecule has 0 aliphatic rings. The molecule has 2 rings (SSSR count). The molecule has 148 valence electrons. The molecule has 0 aliphatic heterocycles. The van der Waals surface area contributed by atoms with Crippen LogP contribution < -0.4 is 10.6 Å². The van der Waals surface area contributed by atoms with Gasteiger partial charge in [0.1, 0.15) is 11.8 Å². The summed E-state index contributed by atoms with van der Waals surface area (Å²) < 4.78 is 0. The number of thioether (sulfide) groups is 1. The summed E-state index contributed by atoms with van der Waals surface area (Å²) in [4.78, 5) is 37.7. The van der Waals surface area contributed by atoms with Crippen molar-refractivity contribution in [1.82, 2.24) is 10.6 Å². The molecule has 6 nitrogen and oxygen atoms in total. The van der Waals surface area contributed by atoms with Crippen LogP contribution in [-0.2, 0) is 9.59 Å². The lowest BCUT2D eigenvalue weighted by atomic mass is 10.1. The summed E-state index contributed by atoms with van der Waals surface area (Å²) in [6.45, 7) is 3.30. The number of carbonyl (C=O) groups is 3. The number of phenols is 1. The highest BCUT2D eigenvalue weighted by Crippen LogP contribution is 2.21. The van der Waals surface area contributed by atoms with Gasteiger partial charge in [0.25, 0.3) is 5.91 Å². The number of hydrogen-bond acceptors (Lipinski definition) is 5. The van der Waals surface area contributed by atoms with Crippen LogP contribution in [0, 0.1) is 6.92 Å². The molecule has 0 spiro atoms. The van der Waals surface area contributed by atoms with Gasteiger partial charge in [-0.2, -0.15) is 0 Å². The van der Waals surface area contributed by atoms with Crippen molar-refractivity contribution in [2.24, 2.45) is 0 Å². The van der Waals surface area contributed by atoms with Gasteiger partial charge in [0.05, 0.1) is 6.54 Å². The maximum Gasteiger partial charge on any atom is 0.252 e. The first-order chi connectivity index (χ1) is 13.4. The zero-order valence-corrected chi connectivity index (χ0v) is 16.7. The van der Waals surface area contributed by atoms with Gasteiger partial charge in [-0.3, -0.25) is 14.4 Å². The Balaban J connectivity index is 2.11. The Hall–Kier alpha value is -2.80. The minimum atomic E-state index is -0.830. The fourth-order valence-electron chi connectivity index (χ4n) is 2.42. The van der Waals surface area contributed by atoms with E-state index in [0.29, 0.717) is 23.3 Å². The van der Waals surface area contributed by atoms with Gasteiger partial charge in [0.15, 0.2) is 5.78 Å². The third kappa shape index (κ3) is 6.13. The van der Waals surface area contributed by atoms with E-state index < -0.39 is 17.9 Å². The maximum absolute atomic E-state index is 12.7. The largest absolute Gasteiger partial charge is 0.508 e. The van der Waals surface area contributed by atoms with E-state index in [1.165, 1.54) is 17.8 Å². The first-order valence-corrected chi connectivity index (χ1v) is 9.97. The van der Waals surface area contributed by atoms with E-state index in [0.717, 1.165) is 4.90 Å². The quantitative estimate of drug-likeness (QED) is 0.563. The molecule has 0 saturated carbocycles. The van der Waals surface area contributed by atoms with Crippen molar-refractivity contribution < 1.29 is 19.5 Å². The van der Waals surface area contributed by atoms with E-state index in [-0.39, 0.29) is 18.1 Å². The van der Waals surface area contributed by atoms with Gasteiger partial charge in [-0.25, -0.2) is 0 Å². The normalized spacial score (nSPS) is 11.5. The molecule has 2 aromatic rings. The number of benzene rings is 2. The van der Waals surface area contributed by atoms with Gasteiger partial charge in [-0.05, 0) is 31.2 Å². The minimum absolute atomic E-state index is 0.0147. The number of nitrogens with one attached hydrogen (secondary N) is 2. The Labute approximate surface area is 168 Å². The molecule has 2 amide bonds. The van der Waals surface area contributed by atoms with Crippen LogP contribution in [0.2, 0.25) is 0 Å². The van der Waals surface area contributed by atoms with Gasteiger partial charge in [0.2, 0.25) is 5.91 Å². The second kappa shape index (κ2) is 10.5. The van der Waals surface area contributed by atoms with Crippen LogP contribution in [0.4, 0.5) is 0 Å². The Morgan fingerprint density at radius 2 is 1.79 bits per heavy atom. The molecule has 1 atom stereocenters. The van der Waals surface area contributed by atoms with Gasteiger partial charge in [-0.1, -0.05) is 31.2 Å². The third-order valence-electron chi connectivity index (χ3n) is 4.19. The summed E-state index contributed by atoms with van der Waals surface area (Å²) in [7, 11) is 0. The van der Waals surface area contributed by atoms with Crippen LogP contribution in [0.5, 0.6) is 5.75 Å². The highest BCUT2D eigenvalue weighted by Gasteiger charge is 2.23. The lowest BCUT2D eigenvalue weighted by Crippen LogP contribution is -2.49. The molecular weight excluding hydrogens is 376 g/mol. The molecule has 28 heavy (non-hydrogen) atoms. The molecule has 7 heteroatoms.